The van der Waals surface area contributed by atoms with Crippen LogP contribution in [0.5, 0.6) is 0 Å². The summed E-state index contributed by atoms with van der Waals surface area (Å²) >= 11 is 0. The van der Waals surface area contributed by atoms with E-state index in [9.17, 15) is 19.2 Å². The lowest BCUT2D eigenvalue weighted by atomic mass is 9.95. The number of piperidine rings is 1. The summed E-state index contributed by atoms with van der Waals surface area (Å²) in [5, 5.41) is 5.33. The maximum atomic E-state index is 16.6. The summed E-state index contributed by atoms with van der Waals surface area (Å²) in [7, 11) is 2.49. The fourth-order valence-corrected chi connectivity index (χ4v) is 10.4. The number of rotatable bonds is 10. The molecule has 4 amide bonds. The van der Waals surface area contributed by atoms with Crippen molar-refractivity contribution in [1.82, 2.24) is 40.4 Å². The summed E-state index contributed by atoms with van der Waals surface area (Å²) in [4.78, 5) is 75.5. The highest BCUT2D eigenvalue weighted by molar-refractivity contribution is 5.89. The Morgan fingerprint density at radius 3 is 2.08 bits per heavy atom. The number of amides is 4. The Morgan fingerprint density at radius 1 is 0.815 bits per heavy atom. The molecule has 15 nitrogen and oxygen atoms in total. The van der Waals surface area contributed by atoms with E-state index < -0.39 is 42.3 Å². The number of fused-ring (bicyclic) bond motifs is 6. The van der Waals surface area contributed by atoms with Crippen molar-refractivity contribution in [2.24, 2.45) is 17.8 Å². The van der Waals surface area contributed by atoms with Gasteiger partial charge in [0.25, 0.3) is 5.92 Å². The van der Waals surface area contributed by atoms with Crippen molar-refractivity contribution < 1.29 is 37.4 Å². The van der Waals surface area contributed by atoms with Crippen LogP contribution < -0.4 is 10.6 Å². The van der Waals surface area contributed by atoms with Crippen LogP contribution in [0.3, 0.4) is 0 Å². The van der Waals surface area contributed by atoms with E-state index in [1.165, 1.54) is 26.4 Å². The predicted octanol–water partition coefficient (Wildman–Crippen LogP) is 8.11. The number of hydrogen-bond acceptors (Lipinski definition) is 8. The maximum Gasteiger partial charge on any atom is 0.407 e. The maximum absolute atomic E-state index is 16.6. The number of alkyl halides is 2. The molecule has 17 heteroatoms. The van der Waals surface area contributed by atoms with Crippen LogP contribution in [0.4, 0.5) is 18.4 Å². The second-order valence-corrected chi connectivity index (χ2v) is 18.3. The molecule has 2 aliphatic carbocycles. The zero-order valence-corrected chi connectivity index (χ0v) is 36.9. The van der Waals surface area contributed by atoms with E-state index in [0.29, 0.717) is 57.1 Å². The number of hydrogen-bond donors (Lipinski definition) is 4. The van der Waals surface area contributed by atoms with Crippen LogP contribution in [-0.2, 0) is 25.0 Å². The third kappa shape index (κ3) is 7.51. The van der Waals surface area contributed by atoms with E-state index in [2.05, 4.69) is 30.4 Å². The van der Waals surface area contributed by atoms with E-state index in [0.717, 1.165) is 24.8 Å². The van der Waals surface area contributed by atoms with E-state index in [-0.39, 0.29) is 59.3 Å². The highest BCUT2D eigenvalue weighted by Crippen LogP contribution is 2.53. The zero-order valence-electron chi connectivity index (χ0n) is 36.9. The van der Waals surface area contributed by atoms with Crippen molar-refractivity contribution in [3.63, 3.8) is 0 Å². The molecule has 4 aliphatic rings. The molecule has 2 aliphatic heterocycles. The molecule has 7 atom stereocenters. The third-order valence-electron chi connectivity index (χ3n) is 13.7. The van der Waals surface area contributed by atoms with Gasteiger partial charge in [-0.3, -0.25) is 9.59 Å². The molecule has 0 spiro atoms. The van der Waals surface area contributed by atoms with Crippen molar-refractivity contribution in [1.29, 1.82) is 0 Å². The summed E-state index contributed by atoms with van der Waals surface area (Å²) in [6.45, 7) is 15.2. The van der Waals surface area contributed by atoms with Gasteiger partial charge < -0.3 is 44.7 Å². The molecule has 9 rings (SSSR count). The van der Waals surface area contributed by atoms with Crippen LogP contribution in [-0.4, -0.2) is 98.7 Å². The van der Waals surface area contributed by atoms with Crippen molar-refractivity contribution in [3.8, 4) is 33.5 Å². The second kappa shape index (κ2) is 16.6. The minimum Gasteiger partial charge on any atom is -0.453 e. The van der Waals surface area contributed by atoms with Crippen molar-refractivity contribution >= 4 is 35.0 Å². The number of carbonyl (C=O) groups is 4. The lowest BCUT2D eigenvalue weighted by molar-refractivity contribution is -0.139. The summed E-state index contributed by atoms with van der Waals surface area (Å²) < 4.78 is 42.8. The molecular formula is C48H51F2N9O6. The number of ether oxygens (including phenoxy) is 2. The van der Waals surface area contributed by atoms with Gasteiger partial charge in [0.1, 0.15) is 23.7 Å². The van der Waals surface area contributed by atoms with Crippen LogP contribution in [0.2, 0.25) is 0 Å². The third-order valence-corrected chi connectivity index (χ3v) is 13.7. The molecule has 2 aromatic heterocycles. The summed E-state index contributed by atoms with van der Waals surface area (Å²) in [5.41, 5.74) is 4.29. The van der Waals surface area contributed by atoms with Gasteiger partial charge in [-0.05, 0) is 83.5 Å². The van der Waals surface area contributed by atoms with Gasteiger partial charge >= 0.3 is 12.2 Å². The minimum absolute atomic E-state index is 0.0356. The Balaban J connectivity index is 0.961. The Morgan fingerprint density at radius 2 is 1.43 bits per heavy atom. The fourth-order valence-electron chi connectivity index (χ4n) is 10.4. The summed E-state index contributed by atoms with van der Waals surface area (Å²) in [6, 6.07) is 12.6. The molecular weight excluding hydrogens is 837 g/mol. The SMILES string of the molecule is [C-]#[N+][C@H]1C[C@@H](c2ncc(-c3ccc4c(c3)C(F)(F)c3cc(-c5ccc6nc([C@@H]7[C@@H]8CC[C@H](C8)N7C(=O)[C@@H](NC(=O)OC)C(C)C)[nH]c6c5)ccc3-4)[nH]2)N(C(=O)[C@H](NC(=O)OC)C(C)C)C1. The number of H-pyrrole nitrogens is 2. The van der Waals surface area contributed by atoms with Crippen LogP contribution in [0.25, 0.3) is 49.4 Å². The van der Waals surface area contributed by atoms with Gasteiger partial charge in [0.05, 0.1) is 62.2 Å². The first kappa shape index (κ1) is 43.4. The van der Waals surface area contributed by atoms with Gasteiger partial charge in [-0.25, -0.2) is 26.1 Å². The predicted molar refractivity (Wildman–Crippen MR) is 236 cm³/mol. The van der Waals surface area contributed by atoms with E-state index >= 15 is 8.78 Å². The monoisotopic (exact) mass is 887 g/mol. The standard InChI is InChI=1S/C48H51F2N9O6/c1-23(2)39(56-46(62)64-6)44(60)58-22-29(51-5)20-38(58)42-52-21-37(55-42)27-10-14-32-31-13-9-25(17-33(31)48(49,50)34(32)18-27)26-11-15-35-36(19-26)54-43(53-35)41-28-8-12-30(16-28)59(41)45(61)40(24(3)4)57-47(63)65-7/h9-11,13-15,17-19,21,23-24,28-30,38-41H,8,12,16,20,22H2,1-4,6-7H3,(H,52,55)(H,53,54)(H,56,62)(H,57,63)/t28-,29+,30-,38+,39-,40+,41+/m1/s1. The molecule has 0 radical (unpaired) electrons. The molecule has 5 aromatic rings. The first-order valence-electron chi connectivity index (χ1n) is 22.0. The van der Waals surface area contributed by atoms with E-state index in [1.54, 1.807) is 43.1 Å². The molecule has 4 N–H and O–H groups in total. The average Bonchev–Trinajstić information content (AvgIpc) is 4.17. The molecule has 338 valence electrons. The van der Waals surface area contributed by atoms with Gasteiger partial charge in [0.2, 0.25) is 17.9 Å². The van der Waals surface area contributed by atoms with Crippen molar-refractivity contribution in [3.05, 3.63) is 95.0 Å². The van der Waals surface area contributed by atoms with Gasteiger partial charge in [-0.2, -0.15) is 8.78 Å². The van der Waals surface area contributed by atoms with E-state index in [1.807, 2.05) is 43.0 Å². The van der Waals surface area contributed by atoms with Crippen LogP contribution in [0.1, 0.15) is 88.2 Å². The number of methoxy groups -OCH3 is 2. The lowest BCUT2D eigenvalue weighted by Crippen LogP contribution is -2.54. The number of alkyl carbamates (subject to hydrolysis) is 2. The second-order valence-electron chi connectivity index (χ2n) is 18.3. The number of aromatic nitrogens is 4. The lowest BCUT2D eigenvalue weighted by Gasteiger charge is -2.37. The fraction of sp³-hybridized carbons (Fsp3) is 0.438. The number of halogens is 2. The van der Waals surface area contributed by atoms with Crippen LogP contribution >= 0.6 is 0 Å². The number of benzene rings is 3. The quantitative estimate of drug-likeness (QED) is 0.102. The molecule has 3 fully saturated rings. The topological polar surface area (TPSA) is 179 Å². The highest BCUT2D eigenvalue weighted by Gasteiger charge is 2.52. The number of likely N-dealkylation sites (tertiary alicyclic amines) is 2. The Hall–Kier alpha value is -6.83. The molecule has 65 heavy (non-hydrogen) atoms. The number of imidazole rings is 2. The highest BCUT2D eigenvalue weighted by atomic mass is 19.3. The first-order valence-corrected chi connectivity index (χ1v) is 22.0. The summed E-state index contributed by atoms with van der Waals surface area (Å²) in [5.74, 6) is -3.03. The van der Waals surface area contributed by atoms with Crippen LogP contribution in [0, 0.1) is 24.3 Å². The Labute approximate surface area is 374 Å². The van der Waals surface area contributed by atoms with E-state index in [4.69, 9.17) is 21.0 Å². The number of aromatic amines is 2. The average molecular weight is 888 g/mol. The Bertz CT molecular complexity index is 2760. The minimum atomic E-state index is -3.32. The molecule has 0 unspecified atom stereocenters. The molecule has 4 heterocycles. The van der Waals surface area contributed by atoms with Gasteiger partial charge in [-0.15, -0.1) is 0 Å². The number of carbonyl (C=O) groups excluding carboxylic acids is 4. The molecule has 2 saturated heterocycles. The molecule has 1 saturated carbocycles. The molecule has 3 aromatic carbocycles. The normalized spacial score (nSPS) is 22.4. The van der Waals surface area contributed by atoms with Gasteiger partial charge in [0, 0.05) is 22.7 Å². The van der Waals surface area contributed by atoms with Gasteiger partial charge in [-0.1, -0.05) is 58.0 Å². The van der Waals surface area contributed by atoms with Gasteiger partial charge in [0.15, 0.2) is 0 Å². The Kier molecular flexibility index (Phi) is 11.1. The van der Waals surface area contributed by atoms with Crippen LogP contribution in [0.15, 0.2) is 60.8 Å². The number of nitrogens with one attached hydrogen (secondary N) is 4. The molecule has 2 bridgehead atoms. The largest absolute Gasteiger partial charge is 0.453 e. The smallest absolute Gasteiger partial charge is 0.407 e. The zero-order chi connectivity index (χ0) is 46.1. The first-order chi connectivity index (χ1) is 31.1. The summed E-state index contributed by atoms with van der Waals surface area (Å²) in [6.07, 6.45) is 3.15. The van der Waals surface area contributed by atoms with Crippen molar-refractivity contribution in [2.75, 3.05) is 20.8 Å². The van der Waals surface area contributed by atoms with Crippen molar-refractivity contribution in [2.45, 2.75) is 95.6 Å². The number of nitrogens with zero attached hydrogens (tertiary/aromatic N) is 5.